The maximum atomic E-state index is 11.7. The lowest BCUT2D eigenvalue weighted by molar-refractivity contribution is -0.121. The summed E-state index contributed by atoms with van der Waals surface area (Å²) in [5, 5.41) is 2.99. The number of hydrogen-bond acceptors (Lipinski definition) is 2. The van der Waals surface area contributed by atoms with Gasteiger partial charge in [-0.3, -0.25) is 4.79 Å². The first-order chi connectivity index (χ1) is 9.26. The van der Waals surface area contributed by atoms with Crippen LogP contribution in [0.25, 0.3) is 0 Å². The summed E-state index contributed by atoms with van der Waals surface area (Å²) in [7, 11) is 0. The molecule has 3 heteroatoms. The molecule has 1 N–H and O–H groups in total. The summed E-state index contributed by atoms with van der Waals surface area (Å²) in [5.74, 6) is 0.170. The summed E-state index contributed by atoms with van der Waals surface area (Å²) in [6.45, 7) is 8.07. The number of nitrogens with zero attached hydrogens (tertiary/aromatic N) is 1. The van der Waals surface area contributed by atoms with Crippen molar-refractivity contribution >= 4 is 5.91 Å². The van der Waals surface area contributed by atoms with E-state index in [2.05, 4.69) is 36.2 Å². The first kappa shape index (κ1) is 15.7. The average Bonchev–Trinajstić information content (AvgIpc) is 2.45. The van der Waals surface area contributed by atoms with Crippen LogP contribution in [-0.4, -0.2) is 37.0 Å². The normalized spacial score (nSPS) is 10.7. The minimum absolute atomic E-state index is 0.170. The number of aryl methyl sites for hydroxylation is 1. The van der Waals surface area contributed by atoms with E-state index in [1.54, 1.807) is 0 Å². The van der Waals surface area contributed by atoms with Gasteiger partial charge in [-0.05, 0) is 31.5 Å². The minimum Gasteiger partial charge on any atom is -0.355 e. The van der Waals surface area contributed by atoms with Gasteiger partial charge >= 0.3 is 0 Å². The largest absolute Gasteiger partial charge is 0.355 e. The van der Waals surface area contributed by atoms with Crippen molar-refractivity contribution in [2.45, 2.75) is 33.1 Å². The zero-order chi connectivity index (χ0) is 13.9. The summed E-state index contributed by atoms with van der Waals surface area (Å²) in [5.41, 5.74) is 1.30. The Balaban J connectivity index is 2.08. The van der Waals surface area contributed by atoms with Crippen molar-refractivity contribution in [1.82, 2.24) is 10.2 Å². The minimum atomic E-state index is 0.170. The predicted molar refractivity (Wildman–Crippen MR) is 80.2 cm³/mol. The highest BCUT2D eigenvalue weighted by atomic mass is 16.1. The molecule has 0 fully saturated rings. The van der Waals surface area contributed by atoms with Gasteiger partial charge in [-0.2, -0.15) is 0 Å². The Morgan fingerprint density at radius 2 is 1.84 bits per heavy atom. The zero-order valence-electron chi connectivity index (χ0n) is 12.2. The van der Waals surface area contributed by atoms with Crippen LogP contribution in [0.5, 0.6) is 0 Å². The molecule has 1 rings (SSSR count). The van der Waals surface area contributed by atoms with E-state index in [0.29, 0.717) is 6.42 Å². The van der Waals surface area contributed by atoms with Crippen LogP contribution in [0.15, 0.2) is 30.3 Å². The van der Waals surface area contributed by atoms with Gasteiger partial charge < -0.3 is 10.2 Å². The quantitative estimate of drug-likeness (QED) is 0.741. The number of rotatable bonds is 9. The molecule has 0 radical (unpaired) electrons. The van der Waals surface area contributed by atoms with Gasteiger partial charge in [-0.25, -0.2) is 0 Å². The standard InChI is InChI=1S/C16H26N2O/c1-3-18(4-2)14-13-17-16(19)12-8-11-15-9-6-5-7-10-15/h5-7,9-10H,3-4,8,11-14H2,1-2H3,(H,17,19). The fourth-order valence-electron chi connectivity index (χ4n) is 2.08. The van der Waals surface area contributed by atoms with Crippen molar-refractivity contribution in [2.75, 3.05) is 26.2 Å². The Morgan fingerprint density at radius 1 is 1.16 bits per heavy atom. The third-order valence-corrected chi connectivity index (χ3v) is 3.36. The maximum absolute atomic E-state index is 11.7. The van der Waals surface area contributed by atoms with Crippen LogP contribution < -0.4 is 5.32 Å². The molecule has 0 spiro atoms. The molecule has 3 nitrogen and oxygen atoms in total. The van der Waals surface area contributed by atoms with E-state index in [1.165, 1.54) is 5.56 Å². The zero-order valence-corrected chi connectivity index (χ0v) is 12.2. The van der Waals surface area contributed by atoms with E-state index in [9.17, 15) is 4.79 Å². The Labute approximate surface area is 117 Å². The third-order valence-electron chi connectivity index (χ3n) is 3.36. The Hall–Kier alpha value is -1.35. The van der Waals surface area contributed by atoms with Crippen molar-refractivity contribution in [3.8, 4) is 0 Å². The van der Waals surface area contributed by atoms with E-state index in [1.807, 2.05) is 18.2 Å². The van der Waals surface area contributed by atoms with Crippen LogP contribution >= 0.6 is 0 Å². The fraction of sp³-hybridized carbons (Fsp3) is 0.562. The average molecular weight is 262 g/mol. The molecule has 0 aliphatic carbocycles. The van der Waals surface area contributed by atoms with Crippen molar-refractivity contribution in [2.24, 2.45) is 0 Å². The van der Waals surface area contributed by atoms with E-state index in [0.717, 1.165) is 39.0 Å². The third kappa shape index (κ3) is 6.97. The monoisotopic (exact) mass is 262 g/mol. The Morgan fingerprint density at radius 3 is 2.47 bits per heavy atom. The topological polar surface area (TPSA) is 32.3 Å². The molecule has 1 amide bonds. The summed E-state index contributed by atoms with van der Waals surface area (Å²) < 4.78 is 0. The SMILES string of the molecule is CCN(CC)CCNC(=O)CCCc1ccccc1. The van der Waals surface area contributed by atoms with Gasteiger partial charge in [-0.15, -0.1) is 0 Å². The molecule has 19 heavy (non-hydrogen) atoms. The van der Waals surface area contributed by atoms with E-state index >= 15 is 0 Å². The summed E-state index contributed by atoms with van der Waals surface area (Å²) in [6.07, 6.45) is 2.51. The molecule has 0 bridgehead atoms. The van der Waals surface area contributed by atoms with Crippen molar-refractivity contribution < 1.29 is 4.79 Å². The van der Waals surface area contributed by atoms with Crippen LogP contribution in [0.3, 0.4) is 0 Å². The highest BCUT2D eigenvalue weighted by Gasteiger charge is 2.03. The van der Waals surface area contributed by atoms with Gasteiger partial charge in [0.15, 0.2) is 0 Å². The van der Waals surface area contributed by atoms with Crippen molar-refractivity contribution in [3.63, 3.8) is 0 Å². The summed E-state index contributed by atoms with van der Waals surface area (Å²) in [4.78, 5) is 14.0. The van der Waals surface area contributed by atoms with Crippen LogP contribution in [-0.2, 0) is 11.2 Å². The second-order valence-corrected chi connectivity index (χ2v) is 4.72. The molecule has 1 aromatic carbocycles. The van der Waals surface area contributed by atoms with Gasteiger partial charge in [0.05, 0.1) is 0 Å². The number of carbonyl (C=O) groups is 1. The van der Waals surface area contributed by atoms with Crippen LogP contribution in [0.4, 0.5) is 0 Å². The number of nitrogens with one attached hydrogen (secondary N) is 1. The van der Waals surface area contributed by atoms with Crippen LogP contribution in [0, 0.1) is 0 Å². The first-order valence-electron chi connectivity index (χ1n) is 7.29. The molecule has 0 aliphatic heterocycles. The molecule has 1 aromatic rings. The molecule has 0 aromatic heterocycles. The van der Waals surface area contributed by atoms with Crippen LogP contribution in [0.2, 0.25) is 0 Å². The van der Waals surface area contributed by atoms with E-state index < -0.39 is 0 Å². The number of hydrogen-bond donors (Lipinski definition) is 1. The Kier molecular flexibility index (Phi) is 7.91. The lowest BCUT2D eigenvalue weighted by atomic mass is 10.1. The summed E-state index contributed by atoms with van der Waals surface area (Å²) >= 11 is 0. The molecule has 0 saturated carbocycles. The van der Waals surface area contributed by atoms with E-state index in [-0.39, 0.29) is 5.91 Å². The van der Waals surface area contributed by atoms with Crippen molar-refractivity contribution in [3.05, 3.63) is 35.9 Å². The second-order valence-electron chi connectivity index (χ2n) is 4.72. The number of amides is 1. The number of likely N-dealkylation sites (N-methyl/N-ethyl adjacent to an activating group) is 1. The molecule has 106 valence electrons. The molecule has 0 unspecified atom stereocenters. The van der Waals surface area contributed by atoms with Gasteiger partial charge in [-0.1, -0.05) is 44.2 Å². The lowest BCUT2D eigenvalue weighted by Gasteiger charge is -2.17. The Bertz CT molecular complexity index is 347. The molecule has 0 atom stereocenters. The predicted octanol–water partition coefficient (Wildman–Crippen LogP) is 2.47. The second kappa shape index (κ2) is 9.56. The smallest absolute Gasteiger partial charge is 0.220 e. The van der Waals surface area contributed by atoms with Gasteiger partial charge in [0.2, 0.25) is 5.91 Å². The van der Waals surface area contributed by atoms with Crippen molar-refractivity contribution in [1.29, 1.82) is 0 Å². The first-order valence-corrected chi connectivity index (χ1v) is 7.29. The molecule has 0 heterocycles. The van der Waals surface area contributed by atoms with Gasteiger partial charge in [0, 0.05) is 19.5 Å². The molecular formula is C16H26N2O. The molecule has 0 aliphatic rings. The van der Waals surface area contributed by atoms with E-state index in [4.69, 9.17) is 0 Å². The molecule has 0 saturated heterocycles. The number of benzene rings is 1. The lowest BCUT2D eigenvalue weighted by Crippen LogP contribution is -2.34. The van der Waals surface area contributed by atoms with Crippen LogP contribution in [0.1, 0.15) is 32.3 Å². The maximum Gasteiger partial charge on any atom is 0.220 e. The highest BCUT2D eigenvalue weighted by Crippen LogP contribution is 2.04. The van der Waals surface area contributed by atoms with Gasteiger partial charge in [0.1, 0.15) is 0 Å². The molecular weight excluding hydrogens is 236 g/mol. The number of carbonyl (C=O) groups excluding carboxylic acids is 1. The highest BCUT2D eigenvalue weighted by molar-refractivity contribution is 5.75. The van der Waals surface area contributed by atoms with Gasteiger partial charge in [0.25, 0.3) is 0 Å². The fourth-order valence-corrected chi connectivity index (χ4v) is 2.08. The summed E-state index contributed by atoms with van der Waals surface area (Å²) in [6, 6.07) is 10.3.